The molecule has 0 radical (unpaired) electrons. The third-order valence-corrected chi connectivity index (χ3v) is 7.54. The van der Waals surface area contributed by atoms with Gasteiger partial charge in [0.15, 0.2) is 0 Å². The van der Waals surface area contributed by atoms with Crippen molar-refractivity contribution in [3.63, 3.8) is 0 Å². The Balaban J connectivity index is 1.69. The Labute approximate surface area is 174 Å². The standard InChI is InChI=1S/C23H30N2O3S/c1-16-7-10-21(11-8-16)29(27,28)25-13-5-6-20(15-25)23(26)24-19(4)22-12-9-17(2)14-18(22)3/h7-12,14,19-20H,5-6,13,15H2,1-4H3,(H,24,26)/t19-,20-/m0/s1. The zero-order valence-corrected chi connectivity index (χ0v) is 18.4. The second-order valence-corrected chi connectivity index (χ2v) is 10.0. The van der Waals surface area contributed by atoms with Crippen LogP contribution in [-0.4, -0.2) is 31.7 Å². The van der Waals surface area contributed by atoms with E-state index in [-0.39, 0.29) is 29.3 Å². The van der Waals surface area contributed by atoms with Gasteiger partial charge in [-0.25, -0.2) is 8.42 Å². The largest absolute Gasteiger partial charge is 0.349 e. The third kappa shape index (κ3) is 4.87. The summed E-state index contributed by atoms with van der Waals surface area (Å²) in [6.45, 7) is 8.66. The number of nitrogens with one attached hydrogen (secondary N) is 1. The molecule has 2 aromatic carbocycles. The first-order chi connectivity index (χ1) is 13.7. The molecular formula is C23H30N2O3S. The molecule has 0 unspecified atom stereocenters. The van der Waals surface area contributed by atoms with Gasteiger partial charge in [-0.3, -0.25) is 4.79 Å². The van der Waals surface area contributed by atoms with Gasteiger partial charge in [-0.05, 0) is 63.8 Å². The van der Waals surface area contributed by atoms with Crippen molar-refractivity contribution in [2.45, 2.75) is 51.5 Å². The molecule has 5 nitrogen and oxygen atoms in total. The van der Waals surface area contributed by atoms with Crippen molar-refractivity contribution in [2.24, 2.45) is 5.92 Å². The maximum atomic E-state index is 13.0. The SMILES string of the molecule is Cc1ccc(S(=O)(=O)N2CCC[C@H](C(=O)N[C@@H](C)c3ccc(C)cc3C)C2)cc1. The molecule has 0 aromatic heterocycles. The van der Waals surface area contributed by atoms with Crippen LogP contribution < -0.4 is 5.32 Å². The van der Waals surface area contributed by atoms with Gasteiger partial charge in [0, 0.05) is 13.1 Å². The van der Waals surface area contributed by atoms with Crippen LogP contribution in [-0.2, 0) is 14.8 Å². The van der Waals surface area contributed by atoms with E-state index in [1.54, 1.807) is 24.3 Å². The number of amides is 1. The van der Waals surface area contributed by atoms with E-state index in [4.69, 9.17) is 0 Å². The predicted octanol–water partition coefficient (Wildman–Crippen LogP) is 3.89. The predicted molar refractivity (Wildman–Crippen MR) is 115 cm³/mol. The highest BCUT2D eigenvalue weighted by molar-refractivity contribution is 7.89. The van der Waals surface area contributed by atoms with E-state index in [2.05, 4.69) is 11.4 Å². The summed E-state index contributed by atoms with van der Waals surface area (Å²) in [5.41, 5.74) is 4.43. The molecule has 1 N–H and O–H groups in total. The highest BCUT2D eigenvalue weighted by atomic mass is 32.2. The lowest BCUT2D eigenvalue weighted by Crippen LogP contribution is -2.45. The lowest BCUT2D eigenvalue weighted by Gasteiger charge is -2.32. The number of carbonyl (C=O) groups is 1. The molecule has 1 fully saturated rings. The molecule has 0 aliphatic carbocycles. The molecule has 156 valence electrons. The quantitative estimate of drug-likeness (QED) is 0.807. The fourth-order valence-corrected chi connectivity index (χ4v) is 5.48. The minimum atomic E-state index is -3.58. The Hall–Kier alpha value is -2.18. The first-order valence-corrected chi connectivity index (χ1v) is 11.6. The lowest BCUT2D eigenvalue weighted by atomic mass is 9.96. The summed E-state index contributed by atoms with van der Waals surface area (Å²) >= 11 is 0. The van der Waals surface area contributed by atoms with E-state index < -0.39 is 10.0 Å². The van der Waals surface area contributed by atoms with Crippen LogP contribution in [0.4, 0.5) is 0 Å². The van der Waals surface area contributed by atoms with Gasteiger partial charge in [0.25, 0.3) is 0 Å². The summed E-state index contributed by atoms with van der Waals surface area (Å²) < 4.78 is 27.4. The average Bonchev–Trinajstić information content (AvgIpc) is 2.68. The van der Waals surface area contributed by atoms with Crippen LogP contribution in [0.25, 0.3) is 0 Å². The van der Waals surface area contributed by atoms with E-state index in [0.717, 1.165) is 16.7 Å². The van der Waals surface area contributed by atoms with Gasteiger partial charge >= 0.3 is 0 Å². The summed E-state index contributed by atoms with van der Waals surface area (Å²) in [6, 6.07) is 12.9. The smallest absolute Gasteiger partial charge is 0.243 e. The molecule has 2 aromatic rings. The monoisotopic (exact) mass is 414 g/mol. The van der Waals surface area contributed by atoms with Gasteiger partial charge in [-0.1, -0.05) is 41.5 Å². The number of piperidine rings is 1. The molecule has 1 heterocycles. The first kappa shape index (κ1) is 21.5. The molecule has 1 aliphatic rings. The van der Waals surface area contributed by atoms with Crippen LogP contribution >= 0.6 is 0 Å². The Morgan fingerprint density at radius 3 is 2.38 bits per heavy atom. The van der Waals surface area contributed by atoms with Gasteiger partial charge in [0.1, 0.15) is 0 Å². The lowest BCUT2D eigenvalue weighted by molar-refractivity contribution is -0.126. The van der Waals surface area contributed by atoms with E-state index in [1.807, 2.05) is 39.8 Å². The number of sulfonamides is 1. The number of hydrogen-bond donors (Lipinski definition) is 1. The van der Waals surface area contributed by atoms with Crippen molar-refractivity contribution >= 4 is 15.9 Å². The van der Waals surface area contributed by atoms with Gasteiger partial charge < -0.3 is 5.32 Å². The van der Waals surface area contributed by atoms with Gasteiger partial charge in [0.05, 0.1) is 16.9 Å². The Kier molecular flexibility index (Phi) is 6.44. The minimum Gasteiger partial charge on any atom is -0.349 e. The van der Waals surface area contributed by atoms with Crippen molar-refractivity contribution in [1.29, 1.82) is 0 Å². The van der Waals surface area contributed by atoms with E-state index in [1.165, 1.54) is 9.87 Å². The number of rotatable bonds is 5. The van der Waals surface area contributed by atoms with E-state index in [9.17, 15) is 13.2 Å². The summed E-state index contributed by atoms with van der Waals surface area (Å²) in [5, 5.41) is 3.08. The topological polar surface area (TPSA) is 66.5 Å². The molecule has 2 atom stereocenters. The van der Waals surface area contributed by atoms with Crippen molar-refractivity contribution < 1.29 is 13.2 Å². The Morgan fingerprint density at radius 2 is 1.72 bits per heavy atom. The van der Waals surface area contributed by atoms with E-state index >= 15 is 0 Å². The van der Waals surface area contributed by atoms with E-state index in [0.29, 0.717) is 19.4 Å². The summed E-state index contributed by atoms with van der Waals surface area (Å²) in [7, 11) is -3.58. The molecule has 6 heteroatoms. The maximum Gasteiger partial charge on any atom is 0.243 e. The normalized spacial score (nSPS) is 19.0. The fraction of sp³-hybridized carbons (Fsp3) is 0.435. The van der Waals surface area contributed by atoms with Crippen LogP contribution in [0.3, 0.4) is 0 Å². The minimum absolute atomic E-state index is 0.0821. The number of nitrogens with zero attached hydrogens (tertiary/aromatic N) is 1. The molecule has 1 aliphatic heterocycles. The molecule has 0 saturated carbocycles. The number of carbonyl (C=O) groups excluding carboxylic acids is 1. The van der Waals surface area contributed by atoms with Crippen LogP contribution in [0.5, 0.6) is 0 Å². The Bertz CT molecular complexity index is 984. The molecule has 3 rings (SSSR count). The number of aryl methyl sites for hydroxylation is 3. The molecule has 29 heavy (non-hydrogen) atoms. The van der Waals surface area contributed by atoms with Crippen molar-refractivity contribution in [1.82, 2.24) is 9.62 Å². The average molecular weight is 415 g/mol. The molecule has 1 saturated heterocycles. The van der Waals surface area contributed by atoms with Crippen LogP contribution in [0.15, 0.2) is 47.4 Å². The molecule has 0 bridgehead atoms. The number of hydrogen-bond acceptors (Lipinski definition) is 3. The highest BCUT2D eigenvalue weighted by Gasteiger charge is 2.33. The molecular weight excluding hydrogens is 384 g/mol. The van der Waals surface area contributed by atoms with Crippen molar-refractivity contribution in [2.75, 3.05) is 13.1 Å². The second-order valence-electron chi connectivity index (χ2n) is 8.11. The van der Waals surface area contributed by atoms with Gasteiger partial charge in [0.2, 0.25) is 15.9 Å². The third-order valence-electron chi connectivity index (χ3n) is 5.66. The summed E-state index contributed by atoms with van der Waals surface area (Å²) in [5.74, 6) is -0.418. The zero-order chi connectivity index (χ0) is 21.2. The first-order valence-electron chi connectivity index (χ1n) is 10.1. The number of benzene rings is 2. The van der Waals surface area contributed by atoms with Gasteiger partial charge in [-0.2, -0.15) is 4.31 Å². The summed E-state index contributed by atoms with van der Waals surface area (Å²) in [4.78, 5) is 13.2. The van der Waals surface area contributed by atoms with Crippen LogP contribution in [0.2, 0.25) is 0 Å². The fourth-order valence-electron chi connectivity index (χ4n) is 3.95. The molecule has 1 amide bonds. The molecule has 0 spiro atoms. The van der Waals surface area contributed by atoms with Crippen LogP contribution in [0, 0.1) is 26.7 Å². The maximum absolute atomic E-state index is 13.0. The van der Waals surface area contributed by atoms with Gasteiger partial charge in [-0.15, -0.1) is 0 Å². The van der Waals surface area contributed by atoms with Crippen molar-refractivity contribution in [3.8, 4) is 0 Å². The zero-order valence-electron chi connectivity index (χ0n) is 17.6. The summed E-state index contributed by atoms with van der Waals surface area (Å²) in [6.07, 6.45) is 1.38. The Morgan fingerprint density at radius 1 is 1.07 bits per heavy atom. The second kappa shape index (κ2) is 8.67. The van der Waals surface area contributed by atoms with Crippen molar-refractivity contribution in [3.05, 3.63) is 64.7 Å². The van der Waals surface area contributed by atoms with Crippen LogP contribution in [0.1, 0.15) is 48.1 Å². The highest BCUT2D eigenvalue weighted by Crippen LogP contribution is 2.25.